The Labute approximate surface area is 109 Å². The summed E-state index contributed by atoms with van der Waals surface area (Å²) in [6.45, 7) is 2.24. The fourth-order valence-corrected chi connectivity index (χ4v) is 1.52. The number of carbonyl (C=O) groups is 2. The number of hydrogen-bond donors (Lipinski definition) is 3. The Morgan fingerprint density at radius 1 is 1.44 bits per heavy atom. The van der Waals surface area contributed by atoms with Crippen molar-refractivity contribution in [3.63, 3.8) is 0 Å². The van der Waals surface area contributed by atoms with Crippen molar-refractivity contribution in [3.05, 3.63) is 22.7 Å². The van der Waals surface area contributed by atoms with Crippen molar-refractivity contribution in [1.29, 1.82) is 0 Å². The van der Waals surface area contributed by atoms with Gasteiger partial charge in [-0.3, -0.25) is 0 Å². The Kier molecular flexibility index (Phi) is 4.79. The van der Waals surface area contributed by atoms with Crippen LogP contribution in [0.15, 0.2) is 12.1 Å². The monoisotopic (exact) mass is 272 g/mol. The maximum Gasteiger partial charge on any atom is 0.339 e. The second kappa shape index (κ2) is 6.11. The largest absolute Gasteiger partial charge is 0.496 e. The number of hydrogen-bond acceptors (Lipinski definition) is 3. The summed E-state index contributed by atoms with van der Waals surface area (Å²) >= 11 is 5.89. The molecule has 3 N–H and O–H groups in total. The SMILES string of the molecule is CCNC(=O)Nc1cc(OC)c(C(=O)O)cc1Cl. The average Bonchev–Trinajstić information content (AvgIpc) is 2.31. The summed E-state index contributed by atoms with van der Waals surface area (Å²) in [5, 5.41) is 14.1. The summed E-state index contributed by atoms with van der Waals surface area (Å²) in [7, 11) is 1.34. The molecule has 1 aromatic carbocycles. The highest BCUT2D eigenvalue weighted by molar-refractivity contribution is 6.34. The molecule has 1 rings (SSSR count). The minimum atomic E-state index is -1.15. The van der Waals surface area contributed by atoms with E-state index in [-0.39, 0.29) is 22.0 Å². The van der Waals surface area contributed by atoms with Crippen molar-refractivity contribution in [1.82, 2.24) is 5.32 Å². The van der Waals surface area contributed by atoms with Crippen LogP contribution in [-0.4, -0.2) is 30.8 Å². The van der Waals surface area contributed by atoms with E-state index in [1.165, 1.54) is 19.2 Å². The van der Waals surface area contributed by atoms with E-state index >= 15 is 0 Å². The van der Waals surface area contributed by atoms with Gasteiger partial charge in [-0.2, -0.15) is 0 Å². The summed E-state index contributed by atoms with van der Waals surface area (Å²) in [6.07, 6.45) is 0. The normalized spacial score (nSPS) is 9.72. The van der Waals surface area contributed by atoms with Gasteiger partial charge in [0.15, 0.2) is 0 Å². The summed E-state index contributed by atoms with van der Waals surface area (Å²) in [4.78, 5) is 22.3. The van der Waals surface area contributed by atoms with Crippen LogP contribution in [0.4, 0.5) is 10.5 Å². The van der Waals surface area contributed by atoms with Gasteiger partial charge in [0, 0.05) is 12.6 Å². The number of carbonyl (C=O) groups excluding carboxylic acids is 1. The molecule has 98 valence electrons. The molecule has 2 amide bonds. The molecule has 6 nitrogen and oxygen atoms in total. The number of amides is 2. The number of benzene rings is 1. The lowest BCUT2D eigenvalue weighted by atomic mass is 10.2. The maximum atomic E-state index is 11.3. The molecule has 0 radical (unpaired) electrons. The lowest BCUT2D eigenvalue weighted by Crippen LogP contribution is -2.28. The van der Waals surface area contributed by atoms with Gasteiger partial charge in [0.2, 0.25) is 0 Å². The second-order valence-electron chi connectivity index (χ2n) is 3.32. The molecule has 0 saturated carbocycles. The predicted octanol–water partition coefficient (Wildman–Crippen LogP) is 2.19. The molecule has 0 unspecified atom stereocenters. The van der Waals surface area contributed by atoms with Crippen LogP contribution in [0.25, 0.3) is 0 Å². The Hall–Kier alpha value is -1.95. The van der Waals surface area contributed by atoms with E-state index in [0.29, 0.717) is 6.54 Å². The van der Waals surface area contributed by atoms with Gasteiger partial charge in [0.1, 0.15) is 11.3 Å². The molecule has 0 spiro atoms. The zero-order valence-electron chi connectivity index (χ0n) is 9.91. The number of aromatic carboxylic acids is 1. The number of carboxylic acid groups (broad SMARTS) is 1. The van der Waals surface area contributed by atoms with Gasteiger partial charge >= 0.3 is 12.0 Å². The number of methoxy groups -OCH3 is 1. The molecule has 0 atom stereocenters. The molecule has 0 fully saturated rings. The Morgan fingerprint density at radius 2 is 2.11 bits per heavy atom. The molecule has 0 saturated heterocycles. The third-order valence-corrected chi connectivity index (χ3v) is 2.42. The van der Waals surface area contributed by atoms with Crippen molar-refractivity contribution in [2.24, 2.45) is 0 Å². The van der Waals surface area contributed by atoms with Crippen LogP contribution < -0.4 is 15.4 Å². The highest BCUT2D eigenvalue weighted by atomic mass is 35.5. The number of urea groups is 1. The van der Waals surface area contributed by atoms with Crippen LogP contribution in [0.5, 0.6) is 5.75 Å². The lowest BCUT2D eigenvalue weighted by molar-refractivity contribution is 0.0693. The molecule has 7 heteroatoms. The predicted molar refractivity (Wildman–Crippen MR) is 67.7 cm³/mol. The summed E-state index contributed by atoms with van der Waals surface area (Å²) in [6, 6.07) is 2.16. The van der Waals surface area contributed by atoms with E-state index in [2.05, 4.69) is 10.6 Å². The Morgan fingerprint density at radius 3 is 2.61 bits per heavy atom. The van der Waals surface area contributed by atoms with E-state index in [1.807, 2.05) is 0 Å². The first-order chi connectivity index (χ1) is 8.49. The first kappa shape index (κ1) is 14.1. The van der Waals surface area contributed by atoms with Crippen molar-refractivity contribution in [2.75, 3.05) is 19.0 Å². The van der Waals surface area contributed by atoms with Gasteiger partial charge in [0.05, 0.1) is 17.8 Å². The summed E-state index contributed by atoms with van der Waals surface area (Å²) < 4.78 is 4.93. The third-order valence-electron chi connectivity index (χ3n) is 2.11. The Balaban J connectivity index is 3.07. The molecule has 0 aliphatic heterocycles. The lowest BCUT2D eigenvalue weighted by Gasteiger charge is -2.11. The van der Waals surface area contributed by atoms with Crippen molar-refractivity contribution < 1.29 is 19.4 Å². The van der Waals surface area contributed by atoms with Crippen LogP contribution in [0.3, 0.4) is 0 Å². The molecule has 0 aliphatic rings. The Bertz CT molecular complexity index is 476. The van der Waals surface area contributed by atoms with E-state index in [1.54, 1.807) is 6.92 Å². The minimum absolute atomic E-state index is 0.0658. The van der Waals surface area contributed by atoms with E-state index in [9.17, 15) is 9.59 Å². The van der Waals surface area contributed by atoms with Gasteiger partial charge in [-0.25, -0.2) is 9.59 Å². The number of nitrogens with one attached hydrogen (secondary N) is 2. The van der Waals surface area contributed by atoms with Gasteiger partial charge in [-0.1, -0.05) is 11.6 Å². The van der Waals surface area contributed by atoms with Crippen LogP contribution >= 0.6 is 11.6 Å². The summed E-state index contributed by atoms with van der Waals surface area (Å²) in [5.74, 6) is -1.03. The van der Waals surface area contributed by atoms with E-state index in [0.717, 1.165) is 0 Å². The van der Waals surface area contributed by atoms with E-state index < -0.39 is 12.0 Å². The van der Waals surface area contributed by atoms with E-state index in [4.69, 9.17) is 21.4 Å². The second-order valence-corrected chi connectivity index (χ2v) is 3.73. The van der Waals surface area contributed by atoms with Gasteiger partial charge in [-0.15, -0.1) is 0 Å². The molecule has 0 aromatic heterocycles. The zero-order chi connectivity index (χ0) is 13.7. The zero-order valence-corrected chi connectivity index (χ0v) is 10.7. The number of rotatable bonds is 4. The maximum absolute atomic E-state index is 11.3. The molecule has 1 aromatic rings. The van der Waals surface area contributed by atoms with Crippen molar-refractivity contribution in [3.8, 4) is 5.75 Å². The van der Waals surface area contributed by atoms with Crippen LogP contribution in [0.1, 0.15) is 17.3 Å². The van der Waals surface area contributed by atoms with Crippen LogP contribution in [0.2, 0.25) is 5.02 Å². The molecular weight excluding hydrogens is 260 g/mol. The van der Waals surface area contributed by atoms with Crippen LogP contribution in [-0.2, 0) is 0 Å². The smallest absolute Gasteiger partial charge is 0.339 e. The first-order valence-corrected chi connectivity index (χ1v) is 5.53. The first-order valence-electron chi connectivity index (χ1n) is 5.15. The van der Waals surface area contributed by atoms with Crippen molar-refractivity contribution in [2.45, 2.75) is 6.92 Å². The fraction of sp³-hybridized carbons (Fsp3) is 0.273. The number of ether oxygens (including phenoxy) is 1. The topological polar surface area (TPSA) is 87.7 Å². The molecule has 18 heavy (non-hydrogen) atoms. The third kappa shape index (κ3) is 3.27. The van der Waals surface area contributed by atoms with Gasteiger partial charge < -0.3 is 20.5 Å². The average molecular weight is 273 g/mol. The molecule has 0 heterocycles. The fourth-order valence-electron chi connectivity index (χ4n) is 1.31. The standard InChI is InChI=1S/C11H13ClN2O4/c1-3-13-11(17)14-8-5-9(18-2)6(10(15)16)4-7(8)12/h4-5H,3H2,1-2H3,(H,15,16)(H2,13,14,17). The highest BCUT2D eigenvalue weighted by Crippen LogP contribution is 2.30. The van der Waals surface area contributed by atoms with Crippen molar-refractivity contribution >= 4 is 29.3 Å². The number of carboxylic acids is 1. The summed E-state index contributed by atoms with van der Waals surface area (Å²) in [5.41, 5.74) is 0.216. The molecular formula is C11H13ClN2O4. The molecule has 0 aliphatic carbocycles. The van der Waals surface area contributed by atoms with Crippen LogP contribution in [0, 0.1) is 0 Å². The minimum Gasteiger partial charge on any atom is -0.496 e. The number of anilines is 1. The number of halogens is 1. The quantitative estimate of drug-likeness (QED) is 0.784. The highest BCUT2D eigenvalue weighted by Gasteiger charge is 2.15. The van der Waals surface area contributed by atoms with Gasteiger partial charge in [-0.05, 0) is 13.0 Å². The van der Waals surface area contributed by atoms with Gasteiger partial charge in [0.25, 0.3) is 0 Å². The molecule has 0 bridgehead atoms.